The molecule has 74 valence electrons. The molecule has 6 nitrogen and oxygen atoms in total. The van der Waals surface area contributed by atoms with Crippen LogP contribution in [0.25, 0.3) is 0 Å². The van der Waals surface area contributed by atoms with Crippen LogP contribution in [0.1, 0.15) is 0 Å². The summed E-state index contributed by atoms with van der Waals surface area (Å²) in [4.78, 5) is 3.29. The van der Waals surface area contributed by atoms with Crippen molar-refractivity contribution in [3.8, 4) is 0 Å². The summed E-state index contributed by atoms with van der Waals surface area (Å²) in [6.45, 7) is 0. The third-order valence-electron chi connectivity index (χ3n) is 1.02. The highest BCUT2D eigenvalue weighted by molar-refractivity contribution is 9.10. The molecule has 0 fully saturated rings. The van der Waals surface area contributed by atoms with Crippen LogP contribution in [-0.4, -0.2) is 28.3 Å². The van der Waals surface area contributed by atoms with E-state index in [0.29, 0.717) is 0 Å². The van der Waals surface area contributed by atoms with Crippen molar-refractivity contribution in [3.63, 3.8) is 0 Å². The molecule has 0 aliphatic heterocycles. The number of hydrogen-bond acceptors (Lipinski definition) is 5. The van der Waals surface area contributed by atoms with Crippen LogP contribution >= 0.6 is 15.9 Å². The number of rotatable bonds is 2. The van der Waals surface area contributed by atoms with Gasteiger partial charge in [-0.15, -0.1) is 9.19 Å². The fraction of sp³-hybridized carbons (Fsp3) is 0.333. The molecule has 0 bridgehead atoms. The Morgan fingerprint density at radius 2 is 2.08 bits per heavy atom. The molecule has 0 saturated heterocycles. The standard InChI is InChI=1S/C3H3BrF2N4O2S/c4-1-8-3(7)9-10(1)13(11,12)2(5)6/h2H,(H2,7,9). The van der Waals surface area contributed by atoms with Crippen molar-refractivity contribution in [1.82, 2.24) is 14.2 Å². The maximum Gasteiger partial charge on any atom is 0.357 e. The van der Waals surface area contributed by atoms with Crippen LogP contribution in [0.3, 0.4) is 0 Å². The molecular weight excluding hydrogens is 274 g/mol. The third kappa shape index (κ3) is 1.77. The monoisotopic (exact) mass is 276 g/mol. The van der Waals surface area contributed by atoms with E-state index in [-0.39, 0.29) is 8.82 Å². The second-order valence-corrected chi connectivity index (χ2v) is 4.33. The van der Waals surface area contributed by atoms with E-state index in [1.807, 2.05) is 0 Å². The van der Waals surface area contributed by atoms with Gasteiger partial charge >= 0.3 is 15.8 Å². The summed E-state index contributed by atoms with van der Waals surface area (Å²) >= 11 is 2.62. The Hall–Kier alpha value is -0.770. The molecule has 0 aromatic carbocycles. The lowest BCUT2D eigenvalue weighted by atomic mass is 11.1. The maximum atomic E-state index is 11.9. The lowest BCUT2D eigenvalue weighted by Gasteiger charge is -2.01. The van der Waals surface area contributed by atoms with E-state index in [1.54, 1.807) is 0 Å². The van der Waals surface area contributed by atoms with Crippen LogP contribution in [0, 0.1) is 0 Å². The molecule has 1 aromatic heterocycles. The minimum Gasteiger partial charge on any atom is -0.366 e. The quantitative estimate of drug-likeness (QED) is 0.823. The Bertz CT molecular complexity index is 415. The van der Waals surface area contributed by atoms with E-state index in [2.05, 4.69) is 26.0 Å². The van der Waals surface area contributed by atoms with Gasteiger partial charge in [0.25, 0.3) is 0 Å². The second kappa shape index (κ2) is 3.18. The van der Waals surface area contributed by atoms with Gasteiger partial charge in [-0.3, -0.25) is 0 Å². The molecule has 0 aliphatic carbocycles. The lowest BCUT2D eigenvalue weighted by Crippen LogP contribution is -2.22. The van der Waals surface area contributed by atoms with E-state index in [1.165, 1.54) is 0 Å². The number of alkyl halides is 2. The largest absolute Gasteiger partial charge is 0.366 e. The highest BCUT2D eigenvalue weighted by atomic mass is 79.9. The Morgan fingerprint density at radius 1 is 1.54 bits per heavy atom. The van der Waals surface area contributed by atoms with Gasteiger partial charge in [0.2, 0.25) is 10.7 Å². The lowest BCUT2D eigenvalue weighted by molar-refractivity contribution is 0.232. The van der Waals surface area contributed by atoms with Gasteiger partial charge in [-0.1, -0.05) is 0 Å². The van der Waals surface area contributed by atoms with E-state index < -0.39 is 21.7 Å². The molecule has 0 aliphatic rings. The molecule has 0 amide bonds. The Balaban J connectivity index is 3.31. The number of halogens is 3. The van der Waals surface area contributed by atoms with Gasteiger partial charge < -0.3 is 5.73 Å². The topological polar surface area (TPSA) is 90.9 Å². The smallest absolute Gasteiger partial charge is 0.357 e. The maximum absolute atomic E-state index is 11.9. The van der Waals surface area contributed by atoms with Crippen LogP contribution in [0.5, 0.6) is 0 Å². The molecular formula is C3H3BrF2N4O2S. The Morgan fingerprint density at radius 3 is 2.38 bits per heavy atom. The number of nitrogens with two attached hydrogens (primary N) is 1. The van der Waals surface area contributed by atoms with Crippen molar-refractivity contribution in [3.05, 3.63) is 4.73 Å². The summed E-state index contributed by atoms with van der Waals surface area (Å²) in [6, 6.07) is 0. The van der Waals surface area contributed by atoms with Crippen molar-refractivity contribution in [2.45, 2.75) is 5.76 Å². The summed E-state index contributed by atoms with van der Waals surface area (Å²) in [7, 11) is -4.80. The highest BCUT2D eigenvalue weighted by Gasteiger charge is 2.30. The second-order valence-electron chi connectivity index (χ2n) is 1.89. The first-order valence-corrected chi connectivity index (χ1v) is 5.06. The zero-order chi connectivity index (χ0) is 10.2. The van der Waals surface area contributed by atoms with Crippen LogP contribution in [0.2, 0.25) is 0 Å². The molecule has 13 heavy (non-hydrogen) atoms. The molecule has 1 rings (SSSR count). The summed E-state index contributed by atoms with van der Waals surface area (Å²) < 4.78 is 45.1. The van der Waals surface area contributed by atoms with Crippen molar-refractivity contribution in [2.24, 2.45) is 0 Å². The molecule has 0 radical (unpaired) electrons. The van der Waals surface area contributed by atoms with Gasteiger partial charge in [-0.25, -0.2) is 0 Å². The summed E-state index contributed by atoms with van der Waals surface area (Å²) in [5.74, 6) is -3.97. The normalized spacial score (nSPS) is 12.3. The molecule has 2 N–H and O–H groups in total. The zero-order valence-electron chi connectivity index (χ0n) is 5.85. The molecule has 0 saturated carbocycles. The first kappa shape index (κ1) is 10.3. The number of aromatic nitrogens is 3. The van der Waals surface area contributed by atoms with Crippen LogP contribution in [-0.2, 0) is 10.0 Å². The average Bonchev–Trinajstić information content (AvgIpc) is 2.30. The van der Waals surface area contributed by atoms with Crippen molar-refractivity contribution >= 4 is 31.9 Å². The fourth-order valence-corrected chi connectivity index (χ4v) is 2.00. The van der Waals surface area contributed by atoms with Gasteiger partial charge in [-0.05, 0) is 15.9 Å². The molecule has 10 heteroatoms. The van der Waals surface area contributed by atoms with Gasteiger partial charge in [0.1, 0.15) is 0 Å². The number of nitrogens with zero attached hydrogens (tertiary/aromatic N) is 3. The van der Waals surface area contributed by atoms with Crippen LogP contribution in [0.4, 0.5) is 14.7 Å². The number of anilines is 1. The van der Waals surface area contributed by atoms with Gasteiger partial charge in [0.15, 0.2) is 0 Å². The predicted octanol–water partition coefficient (Wildman–Crippen LogP) is 0.0233. The van der Waals surface area contributed by atoms with E-state index >= 15 is 0 Å². The zero-order valence-corrected chi connectivity index (χ0v) is 8.26. The van der Waals surface area contributed by atoms with E-state index in [9.17, 15) is 17.2 Å². The van der Waals surface area contributed by atoms with Gasteiger partial charge in [0.05, 0.1) is 0 Å². The molecule has 1 heterocycles. The molecule has 0 atom stereocenters. The highest BCUT2D eigenvalue weighted by Crippen LogP contribution is 2.15. The first-order chi connectivity index (χ1) is 5.85. The summed E-state index contributed by atoms with van der Waals surface area (Å²) in [6.07, 6.45) is 0. The molecule has 0 unspecified atom stereocenters. The Labute approximate surface area is 79.9 Å². The summed E-state index contributed by atoms with van der Waals surface area (Å²) in [5.41, 5.74) is 4.99. The minimum atomic E-state index is -4.80. The fourth-order valence-electron chi connectivity index (χ4n) is 0.531. The minimum absolute atomic E-state index is 0.0347. The predicted molar refractivity (Wildman–Crippen MR) is 42.5 cm³/mol. The first-order valence-electron chi connectivity index (χ1n) is 2.76. The number of nitrogen functional groups attached to an aromatic ring is 1. The molecule has 1 aromatic rings. The van der Waals surface area contributed by atoms with Gasteiger partial charge in [-0.2, -0.15) is 22.2 Å². The number of hydrogen-bond donors (Lipinski definition) is 1. The van der Waals surface area contributed by atoms with Crippen molar-refractivity contribution in [1.29, 1.82) is 0 Å². The summed E-state index contributed by atoms with van der Waals surface area (Å²) in [5, 5.41) is 3.07. The van der Waals surface area contributed by atoms with Crippen molar-refractivity contribution in [2.75, 3.05) is 5.73 Å². The van der Waals surface area contributed by atoms with Crippen LogP contribution in [0.15, 0.2) is 4.73 Å². The third-order valence-corrected chi connectivity index (χ3v) is 2.96. The Kier molecular flexibility index (Phi) is 2.52. The van der Waals surface area contributed by atoms with Crippen LogP contribution < -0.4 is 5.73 Å². The van der Waals surface area contributed by atoms with E-state index in [0.717, 1.165) is 0 Å². The van der Waals surface area contributed by atoms with E-state index in [4.69, 9.17) is 5.73 Å². The average molecular weight is 277 g/mol. The SMILES string of the molecule is Nc1nc(Br)n(S(=O)(=O)C(F)F)n1. The van der Waals surface area contributed by atoms with Crippen molar-refractivity contribution < 1.29 is 17.2 Å². The van der Waals surface area contributed by atoms with Gasteiger partial charge in [0, 0.05) is 0 Å². The molecule has 0 spiro atoms.